The molecular weight excluding hydrogens is 402 g/mol. The summed E-state index contributed by atoms with van der Waals surface area (Å²) in [6.45, 7) is 0. The van der Waals surface area contributed by atoms with Crippen LogP contribution in [0, 0.1) is 0 Å². The smallest absolute Gasteiger partial charge is 0.477 e. The molecule has 0 aromatic carbocycles. The standard InChI is InChI=1S/2C6H5NO2.C4H6B2O4S/c2*8-6(9)5-3-1-2-4-7-5;7-5(8)3-1-2-4(11-3)6(9)10/h2*1-4H,(H,8,9);1-2,7-10H. The molecule has 29 heavy (non-hydrogen) atoms. The Labute approximate surface area is 169 Å². The zero-order chi connectivity index (χ0) is 21.8. The van der Waals surface area contributed by atoms with E-state index in [1.165, 1.54) is 36.7 Å². The van der Waals surface area contributed by atoms with Crippen molar-refractivity contribution in [3.05, 3.63) is 72.3 Å². The Kier molecular flexibility index (Phi) is 10.2. The maximum absolute atomic E-state index is 10.1. The Morgan fingerprint density at radius 2 is 1.07 bits per heavy atom. The van der Waals surface area contributed by atoms with Crippen molar-refractivity contribution < 1.29 is 39.9 Å². The molecule has 13 heteroatoms. The van der Waals surface area contributed by atoms with Gasteiger partial charge in [-0.2, -0.15) is 11.3 Å². The highest BCUT2D eigenvalue weighted by Gasteiger charge is 2.18. The van der Waals surface area contributed by atoms with Crippen LogP contribution in [0.4, 0.5) is 0 Å². The summed E-state index contributed by atoms with van der Waals surface area (Å²) >= 11 is 0.949. The van der Waals surface area contributed by atoms with Crippen molar-refractivity contribution in [3.8, 4) is 0 Å². The number of hydrogen-bond donors (Lipinski definition) is 6. The van der Waals surface area contributed by atoms with Crippen LogP contribution in [-0.2, 0) is 0 Å². The zero-order valence-electron chi connectivity index (χ0n) is 14.7. The first-order valence-corrected chi connectivity index (χ1v) is 8.64. The molecule has 3 aromatic rings. The molecule has 3 rings (SSSR count). The van der Waals surface area contributed by atoms with Crippen molar-refractivity contribution in [1.82, 2.24) is 9.97 Å². The number of carbonyl (C=O) groups is 2. The molecule has 0 radical (unpaired) electrons. The van der Waals surface area contributed by atoms with Gasteiger partial charge in [-0.1, -0.05) is 24.3 Å². The minimum atomic E-state index is -1.53. The first-order chi connectivity index (χ1) is 13.7. The molecule has 3 heterocycles. The van der Waals surface area contributed by atoms with E-state index in [1.54, 1.807) is 24.3 Å². The second kappa shape index (κ2) is 12.4. The number of aromatic carboxylic acids is 2. The summed E-state index contributed by atoms with van der Waals surface area (Å²) in [6.07, 6.45) is 2.90. The van der Waals surface area contributed by atoms with Gasteiger partial charge >= 0.3 is 26.2 Å². The van der Waals surface area contributed by atoms with Gasteiger partial charge in [0.05, 0.1) is 0 Å². The van der Waals surface area contributed by atoms with Crippen molar-refractivity contribution in [3.63, 3.8) is 0 Å². The maximum atomic E-state index is 10.1. The third kappa shape index (κ3) is 9.10. The third-order valence-electron chi connectivity index (χ3n) is 2.92. The van der Waals surface area contributed by atoms with Crippen LogP contribution in [0.5, 0.6) is 0 Å². The van der Waals surface area contributed by atoms with Crippen molar-refractivity contribution in [2.75, 3.05) is 0 Å². The van der Waals surface area contributed by atoms with Crippen LogP contribution in [0.1, 0.15) is 21.0 Å². The van der Waals surface area contributed by atoms with E-state index in [0.29, 0.717) is 9.55 Å². The molecule has 0 atom stereocenters. The summed E-state index contributed by atoms with van der Waals surface area (Å²) in [5.74, 6) is -1.98. The third-order valence-corrected chi connectivity index (χ3v) is 4.09. The van der Waals surface area contributed by atoms with E-state index in [0.717, 1.165) is 11.3 Å². The minimum absolute atomic E-state index is 0.0810. The summed E-state index contributed by atoms with van der Waals surface area (Å²) in [7, 11) is -3.07. The number of pyridine rings is 2. The summed E-state index contributed by atoms with van der Waals surface area (Å²) < 4.78 is 0.598. The Bertz CT molecular complexity index is 822. The van der Waals surface area contributed by atoms with Crippen molar-refractivity contribution in [2.24, 2.45) is 0 Å². The second-order valence-electron chi connectivity index (χ2n) is 5.03. The molecule has 0 saturated carbocycles. The fraction of sp³-hybridized carbons (Fsp3) is 0. The molecule has 0 unspecified atom stereocenters. The SMILES string of the molecule is O=C(O)c1ccccn1.O=C(O)c1ccccn1.OB(O)c1ccc(B(O)O)s1. The largest absolute Gasteiger partial charge is 0.499 e. The van der Waals surface area contributed by atoms with Crippen LogP contribution < -0.4 is 9.55 Å². The predicted octanol–water partition coefficient (Wildman–Crippen LogP) is -1.33. The Hall–Kier alpha value is -3.09. The van der Waals surface area contributed by atoms with Crippen LogP contribution in [0.25, 0.3) is 0 Å². The van der Waals surface area contributed by atoms with Crippen molar-refractivity contribution in [2.45, 2.75) is 0 Å². The lowest BCUT2D eigenvalue weighted by atomic mass is 9.87. The number of thiophene rings is 1. The first-order valence-electron chi connectivity index (χ1n) is 7.83. The van der Waals surface area contributed by atoms with Gasteiger partial charge in [-0.25, -0.2) is 19.6 Å². The molecule has 0 aliphatic heterocycles. The molecule has 6 N–H and O–H groups in total. The first kappa shape index (κ1) is 23.9. The lowest BCUT2D eigenvalue weighted by Crippen LogP contribution is -2.29. The van der Waals surface area contributed by atoms with Crippen LogP contribution in [0.3, 0.4) is 0 Å². The Balaban J connectivity index is 0.000000219. The van der Waals surface area contributed by atoms with Crippen LogP contribution in [0.15, 0.2) is 60.9 Å². The zero-order valence-corrected chi connectivity index (χ0v) is 15.5. The molecule has 0 aliphatic rings. The van der Waals surface area contributed by atoms with E-state index in [1.807, 2.05) is 0 Å². The van der Waals surface area contributed by atoms with Gasteiger partial charge in [-0.3, -0.25) is 0 Å². The molecule has 3 aromatic heterocycles. The quantitative estimate of drug-likeness (QED) is 0.278. The summed E-state index contributed by atoms with van der Waals surface area (Å²) in [6, 6.07) is 12.4. The average molecular weight is 418 g/mol. The lowest BCUT2D eigenvalue weighted by molar-refractivity contribution is 0.0680. The molecule has 0 fully saturated rings. The van der Waals surface area contributed by atoms with Crippen molar-refractivity contribution >= 4 is 47.1 Å². The van der Waals surface area contributed by atoms with Gasteiger partial charge in [0, 0.05) is 21.9 Å². The van der Waals surface area contributed by atoms with E-state index in [2.05, 4.69) is 9.97 Å². The summed E-state index contributed by atoms with van der Waals surface area (Å²) in [4.78, 5) is 27.4. The maximum Gasteiger partial charge on any atom is 0.499 e. The van der Waals surface area contributed by atoms with E-state index < -0.39 is 26.2 Å². The normalized spacial score (nSPS) is 9.24. The van der Waals surface area contributed by atoms with Gasteiger partial charge in [-0.05, 0) is 24.3 Å². The monoisotopic (exact) mass is 418 g/mol. The van der Waals surface area contributed by atoms with E-state index in [-0.39, 0.29) is 11.4 Å². The number of aromatic nitrogens is 2. The van der Waals surface area contributed by atoms with E-state index >= 15 is 0 Å². The number of carboxylic acid groups (broad SMARTS) is 2. The highest BCUT2D eigenvalue weighted by Crippen LogP contribution is 1.93. The van der Waals surface area contributed by atoms with E-state index in [4.69, 9.17) is 30.3 Å². The number of rotatable bonds is 4. The van der Waals surface area contributed by atoms with Crippen LogP contribution in [-0.4, -0.2) is 66.5 Å². The molecule has 0 spiro atoms. The average Bonchev–Trinajstić information content (AvgIpc) is 3.21. The molecule has 0 bridgehead atoms. The van der Waals surface area contributed by atoms with Gasteiger partial charge in [0.2, 0.25) is 0 Å². The summed E-state index contributed by atoms with van der Waals surface area (Å²) in [5, 5.41) is 51.1. The predicted molar refractivity (Wildman–Crippen MR) is 106 cm³/mol. The van der Waals surface area contributed by atoms with Gasteiger partial charge in [0.25, 0.3) is 0 Å². The number of nitrogens with zero attached hydrogens (tertiary/aromatic N) is 2. The van der Waals surface area contributed by atoms with Gasteiger partial charge in [-0.15, -0.1) is 0 Å². The summed E-state index contributed by atoms with van der Waals surface area (Å²) in [5.41, 5.74) is 0.162. The number of carboxylic acids is 2. The molecule has 0 amide bonds. The van der Waals surface area contributed by atoms with Gasteiger partial charge in [0.1, 0.15) is 11.4 Å². The topological polar surface area (TPSA) is 181 Å². The number of hydrogen-bond acceptors (Lipinski definition) is 9. The van der Waals surface area contributed by atoms with Crippen LogP contribution >= 0.6 is 11.3 Å². The second-order valence-corrected chi connectivity index (χ2v) is 6.17. The fourth-order valence-corrected chi connectivity index (χ4v) is 2.38. The molecular formula is C16H16B2N2O8S. The van der Waals surface area contributed by atoms with Gasteiger partial charge < -0.3 is 30.3 Å². The fourth-order valence-electron chi connectivity index (χ4n) is 1.62. The highest BCUT2D eigenvalue weighted by atomic mass is 32.1. The highest BCUT2D eigenvalue weighted by molar-refractivity contribution is 7.29. The Morgan fingerprint density at radius 3 is 1.24 bits per heavy atom. The van der Waals surface area contributed by atoms with Crippen molar-refractivity contribution in [1.29, 1.82) is 0 Å². The molecule has 0 saturated heterocycles. The lowest BCUT2D eigenvalue weighted by Gasteiger charge is -1.91. The van der Waals surface area contributed by atoms with Gasteiger partial charge in [0.15, 0.2) is 0 Å². The Morgan fingerprint density at radius 1 is 0.690 bits per heavy atom. The van der Waals surface area contributed by atoms with Crippen LogP contribution in [0.2, 0.25) is 0 Å². The van der Waals surface area contributed by atoms with E-state index in [9.17, 15) is 9.59 Å². The molecule has 10 nitrogen and oxygen atoms in total. The molecule has 150 valence electrons. The minimum Gasteiger partial charge on any atom is -0.477 e. The molecule has 0 aliphatic carbocycles.